The minimum Gasteiger partial charge on any atom is -0.373 e. The molecule has 0 amide bonds. The van der Waals surface area contributed by atoms with Crippen molar-refractivity contribution in [2.75, 3.05) is 13.6 Å². The average Bonchev–Trinajstić information content (AvgIpc) is 2.32. The van der Waals surface area contributed by atoms with Gasteiger partial charge in [0.05, 0.1) is 23.2 Å². The highest BCUT2D eigenvalue weighted by molar-refractivity contribution is 5.39. The lowest BCUT2D eigenvalue weighted by atomic mass is 9.82. The van der Waals surface area contributed by atoms with Gasteiger partial charge in [-0.05, 0) is 38.4 Å². The molecule has 1 N–H and O–H groups in total. The first-order chi connectivity index (χ1) is 8.70. The molecule has 0 radical (unpaired) electrons. The molecule has 1 aliphatic carbocycles. The number of nitrogens with zero attached hydrogens (tertiary/aromatic N) is 1. The molecule has 18 heavy (non-hydrogen) atoms. The first-order valence-corrected chi connectivity index (χ1v) is 6.19. The van der Waals surface area contributed by atoms with Crippen molar-refractivity contribution in [2.45, 2.75) is 25.6 Å². The molecule has 0 heterocycles. The molecule has 1 aromatic carbocycles. The van der Waals surface area contributed by atoms with Crippen LogP contribution in [-0.4, -0.2) is 24.6 Å². The van der Waals surface area contributed by atoms with E-state index in [0.717, 1.165) is 19.4 Å². The maximum absolute atomic E-state index is 10.8. The fraction of sp³-hybridized carbons (Fsp3) is 0.538. The third kappa shape index (κ3) is 3.05. The molecule has 2 rings (SSSR count). The largest absolute Gasteiger partial charge is 0.373 e. The van der Waals surface area contributed by atoms with Gasteiger partial charge in [0.1, 0.15) is 0 Å². The molecular formula is C13H18N2O3. The van der Waals surface area contributed by atoms with Gasteiger partial charge in [-0.1, -0.05) is 12.1 Å². The predicted octanol–water partition coefficient (Wildman–Crippen LogP) is 2.11. The lowest BCUT2D eigenvalue weighted by Crippen LogP contribution is -2.36. The van der Waals surface area contributed by atoms with E-state index in [9.17, 15) is 10.1 Å². The summed E-state index contributed by atoms with van der Waals surface area (Å²) in [5.74, 6) is 0.686. The standard InChI is InChI=1S/C13H18N2O3/c1-14-8-10-6-12(7-10)18-9-11-4-2-3-5-13(11)15(16)17/h2-5,10,12,14H,6-9H2,1H3. The number of nitro benzene ring substituents is 1. The molecule has 1 aliphatic rings. The Hall–Kier alpha value is -1.46. The lowest BCUT2D eigenvalue weighted by Gasteiger charge is -2.35. The van der Waals surface area contributed by atoms with Gasteiger partial charge < -0.3 is 10.1 Å². The minimum absolute atomic E-state index is 0.142. The molecule has 1 saturated carbocycles. The van der Waals surface area contributed by atoms with E-state index in [4.69, 9.17) is 4.74 Å². The average molecular weight is 250 g/mol. The van der Waals surface area contributed by atoms with Gasteiger partial charge in [-0.25, -0.2) is 0 Å². The summed E-state index contributed by atoms with van der Waals surface area (Å²) in [5.41, 5.74) is 0.795. The number of nitrogens with one attached hydrogen (secondary N) is 1. The quantitative estimate of drug-likeness (QED) is 0.620. The number of hydrogen-bond donors (Lipinski definition) is 1. The summed E-state index contributed by atoms with van der Waals surface area (Å²) in [6.45, 7) is 1.35. The highest BCUT2D eigenvalue weighted by Crippen LogP contribution is 2.30. The second-order valence-electron chi connectivity index (χ2n) is 4.71. The molecule has 5 heteroatoms. The summed E-state index contributed by atoms with van der Waals surface area (Å²) < 4.78 is 5.70. The van der Waals surface area contributed by atoms with Crippen molar-refractivity contribution in [3.8, 4) is 0 Å². The van der Waals surface area contributed by atoms with E-state index >= 15 is 0 Å². The van der Waals surface area contributed by atoms with Crippen LogP contribution in [0.3, 0.4) is 0 Å². The van der Waals surface area contributed by atoms with Gasteiger partial charge in [0.25, 0.3) is 5.69 Å². The van der Waals surface area contributed by atoms with Gasteiger partial charge in [0.2, 0.25) is 0 Å². The van der Waals surface area contributed by atoms with E-state index in [0.29, 0.717) is 18.1 Å². The Morgan fingerprint density at radius 3 is 2.83 bits per heavy atom. The summed E-state index contributed by atoms with van der Waals surface area (Å²) in [4.78, 5) is 10.5. The van der Waals surface area contributed by atoms with Crippen molar-refractivity contribution >= 4 is 5.69 Å². The lowest BCUT2D eigenvalue weighted by molar-refractivity contribution is -0.386. The van der Waals surface area contributed by atoms with Crippen LogP contribution in [0.4, 0.5) is 5.69 Å². The van der Waals surface area contributed by atoms with E-state index in [-0.39, 0.29) is 16.7 Å². The molecule has 0 saturated heterocycles. The number of nitro groups is 1. The van der Waals surface area contributed by atoms with E-state index in [1.165, 1.54) is 6.07 Å². The van der Waals surface area contributed by atoms with E-state index in [1.54, 1.807) is 18.2 Å². The minimum atomic E-state index is -0.358. The van der Waals surface area contributed by atoms with Gasteiger partial charge in [0, 0.05) is 6.07 Å². The fourth-order valence-corrected chi connectivity index (χ4v) is 2.28. The zero-order valence-electron chi connectivity index (χ0n) is 10.5. The highest BCUT2D eigenvalue weighted by atomic mass is 16.6. The van der Waals surface area contributed by atoms with Crippen LogP contribution >= 0.6 is 0 Å². The molecule has 5 nitrogen and oxygen atoms in total. The summed E-state index contributed by atoms with van der Waals surface area (Å²) in [6, 6.07) is 6.75. The Balaban J connectivity index is 1.83. The summed E-state index contributed by atoms with van der Waals surface area (Å²) in [5, 5.41) is 14.0. The molecule has 0 unspecified atom stereocenters. The smallest absolute Gasteiger partial charge is 0.274 e. The maximum atomic E-state index is 10.8. The number of ether oxygens (including phenoxy) is 1. The Labute approximate surface area is 106 Å². The molecular weight excluding hydrogens is 232 g/mol. The van der Waals surface area contributed by atoms with E-state index in [2.05, 4.69) is 5.32 Å². The van der Waals surface area contributed by atoms with Crippen molar-refractivity contribution in [3.63, 3.8) is 0 Å². The number of rotatable bonds is 6. The van der Waals surface area contributed by atoms with Crippen LogP contribution in [-0.2, 0) is 11.3 Å². The van der Waals surface area contributed by atoms with Crippen molar-refractivity contribution in [1.82, 2.24) is 5.32 Å². The molecule has 0 bridgehead atoms. The van der Waals surface area contributed by atoms with E-state index in [1.807, 2.05) is 7.05 Å². The second kappa shape index (κ2) is 5.93. The van der Waals surface area contributed by atoms with Crippen molar-refractivity contribution in [3.05, 3.63) is 39.9 Å². The highest BCUT2D eigenvalue weighted by Gasteiger charge is 2.29. The van der Waals surface area contributed by atoms with Crippen LogP contribution in [0, 0.1) is 16.0 Å². The Morgan fingerprint density at radius 1 is 1.44 bits per heavy atom. The van der Waals surface area contributed by atoms with Crippen LogP contribution in [0.2, 0.25) is 0 Å². The predicted molar refractivity (Wildman–Crippen MR) is 68.3 cm³/mol. The molecule has 1 fully saturated rings. The van der Waals surface area contributed by atoms with Gasteiger partial charge in [-0.15, -0.1) is 0 Å². The Bertz CT molecular complexity index is 416. The summed E-state index contributed by atoms with van der Waals surface area (Å²) in [6.07, 6.45) is 2.34. The zero-order chi connectivity index (χ0) is 13.0. The topological polar surface area (TPSA) is 64.4 Å². The third-order valence-corrected chi connectivity index (χ3v) is 3.35. The van der Waals surface area contributed by atoms with Crippen LogP contribution < -0.4 is 5.32 Å². The van der Waals surface area contributed by atoms with Crippen LogP contribution in [0.15, 0.2) is 24.3 Å². The van der Waals surface area contributed by atoms with Gasteiger partial charge >= 0.3 is 0 Å². The fourth-order valence-electron chi connectivity index (χ4n) is 2.28. The molecule has 0 atom stereocenters. The second-order valence-corrected chi connectivity index (χ2v) is 4.71. The van der Waals surface area contributed by atoms with Crippen LogP contribution in [0.1, 0.15) is 18.4 Å². The molecule has 0 spiro atoms. The summed E-state index contributed by atoms with van der Waals surface area (Å²) >= 11 is 0. The molecule has 0 aromatic heterocycles. The number of hydrogen-bond acceptors (Lipinski definition) is 4. The van der Waals surface area contributed by atoms with Gasteiger partial charge in [-0.2, -0.15) is 0 Å². The van der Waals surface area contributed by atoms with Gasteiger partial charge in [-0.3, -0.25) is 10.1 Å². The molecule has 0 aliphatic heterocycles. The molecule has 1 aromatic rings. The zero-order valence-corrected chi connectivity index (χ0v) is 10.5. The van der Waals surface area contributed by atoms with Crippen molar-refractivity contribution < 1.29 is 9.66 Å². The number of benzene rings is 1. The van der Waals surface area contributed by atoms with Crippen molar-refractivity contribution in [1.29, 1.82) is 0 Å². The van der Waals surface area contributed by atoms with Crippen LogP contribution in [0.25, 0.3) is 0 Å². The summed E-state index contributed by atoms with van der Waals surface area (Å²) in [7, 11) is 1.95. The normalized spacial score (nSPS) is 22.5. The number of para-hydroxylation sites is 1. The van der Waals surface area contributed by atoms with Crippen molar-refractivity contribution in [2.24, 2.45) is 5.92 Å². The first-order valence-electron chi connectivity index (χ1n) is 6.19. The molecule has 98 valence electrons. The SMILES string of the molecule is CNCC1CC(OCc2ccccc2[N+](=O)[O-])C1. The third-order valence-electron chi connectivity index (χ3n) is 3.35. The Morgan fingerprint density at radius 2 is 2.17 bits per heavy atom. The Kier molecular flexibility index (Phi) is 4.28. The first kappa shape index (κ1) is 13.0. The van der Waals surface area contributed by atoms with E-state index < -0.39 is 0 Å². The maximum Gasteiger partial charge on any atom is 0.274 e. The van der Waals surface area contributed by atoms with Crippen LogP contribution in [0.5, 0.6) is 0 Å². The van der Waals surface area contributed by atoms with Gasteiger partial charge in [0.15, 0.2) is 0 Å². The monoisotopic (exact) mass is 250 g/mol.